The minimum Gasteiger partial charge on any atom is -0.484 e. The van der Waals surface area contributed by atoms with Crippen LogP contribution in [-0.4, -0.2) is 35.1 Å². The molecule has 9 heteroatoms. The van der Waals surface area contributed by atoms with Gasteiger partial charge in [-0.3, -0.25) is 4.79 Å². The van der Waals surface area contributed by atoms with Crippen molar-refractivity contribution in [1.82, 2.24) is 9.88 Å². The van der Waals surface area contributed by atoms with E-state index in [-0.39, 0.29) is 12.3 Å². The van der Waals surface area contributed by atoms with Crippen molar-refractivity contribution >= 4 is 5.91 Å². The Morgan fingerprint density at radius 3 is 2.41 bits per heavy atom. The monoisotopic (exact) mass is 406 g/mol. The van der Waals surface area contributed by atoms with Crippen molar-refractivity contribution in [3.63, 3.8) is 0 Å². The number of hydrogen-bond acceptors (Lipinski definition) is 5. The topological polar surface area (TPSA) is 64.8 Å². The molecule has 0 radical (unpaired) electrons. The number of carbonyl (C=O) groups excluding carboxylic acids is 1. The fraction of sp³-hybridized carbons (Fsp3) is 0.200. The summed E-state index contributed by atoms with van der Waals surface area (Å²) in [7, 11) is 0. The van der Waals surface area contributed by atoms with Crippen molar-refractivity contribution in [3.05, 3.63) is 72.8 Å². The van der Waals surface area contributed by atoms with Gasteiger partial charge >= 0.3 is 6.18 Å². The number of pyridine rings is 1. The summed E-state index contributed by atoms with van der Waals surface area (Å²) in [6.45, 7) is -2.24. The van der Waals surface area contributed by atoms with Crippen LogP contribution in [0.2, 0.25) is 0 Å². The first-order chi connectivity index (χ1) is 13.9. The Balaban J connectivity index is 1.57. The molecule has 0 aliphatic rings. The molecule has 6 nitrogen and oxygen atoms in total. The lowest BCUT2D eigenvalue weighted by Crippen LogP contribution is -2.40. The molecule has 0 bridgehead atoms. The van der Waals surface area contributed by atoms with Gasteiger partial charge < -0.3 is 18.8 Å². The molecule has 0 spiro atoms. The predicted molar refractivity (Wildman–Crippen MR) is 96.4 cm³/mol. The number of nitrogens with zero attached hydrogens (tertiary/aromatic N) is 2. The third kappa shape index (κ3) is 6.56. The van der Waals surface area contributed by atoms with E-state index in [0.717, 1.165) is 0 Å². The number of benzene rings is 1. The van der Waals surface area contributed by atoms with Gasteiger partial charge in [0.25, 0.3) is 5.91 Å². The maximum atomic E-state index is 12.8. The molecule has 0 atom stereocenters. The van der Waals surface area contributed by atoms with Gasteiger partial charge in [0, 0.05) is 12.3 Å². The van der Waals surface area contributed by atoms with Crippen molar-refractivity contribution < 1.29 is 31.9 Å². The van der Waals surface area contributed by atoms with E-state index >= 15 is 0 Å². The van der Waals surface area contributed by atoms with Crippen LogP contribution in [0.5, 0.6) is 17.4 Å². The highest BCUT2D eigenvalue weighted by atomic mass is 19.4. The van der Waals surface area contributed by atoms with Crippen molar-refractivity contribution in [2.75, 3.05) is 13.2 Å². The van der Waals surface area contributed by atoms with Gasteiger partial charge in [0.1, 0.15) is 23.8 Å². The average Bonchev–Trinajstić information content (AvgIpc) is 3.19. The minimum atomic E-state index is -4.54. The van der Waals surface area contributed by atoms with E-state index in [9.17, 15) is 18.0 Å². The number of carbonyl (C=O) groups is 1. The van der Waals surface area contributed by atoms with Crippen LogP contribution in [0.3, 0.4) is 0 Å². The summed E-state index contributed by atoms with van der Waals surface area (Å²) >= 11 is 0. The van der Waals surface area contributed by atoms with E-state index in [4.69, 9.17) is 13.9 Å². The molecule has 0 aliphatic heterocycles. The van der Waals surface area contributed by atoms with E-state index in [1.807, 2.05) is 0 Å². The Bertz CT molecular complexity index is 898. The van der Waals surface area contributed by atoms with Gasteiger partial charge in [-0.2, -0.15) is 13.2 Å². The zero-order valence-electron chi connectivity index (χ0n) is 15.1. The zero-order valence-corrected chi connectivity index (χ0v) is 15.1. The second-order valence-electron chi connectivity index (χ2n) is 5.97. The summed E-state index contributed by atoms with van der Waals surface area (Å²) in [5, 5.41) is 0. The van der Waals surface area contributed by atoms with E-state index in [1.54, 1.807) is 48.7 Å². The van der Waals surface area contributed by atoms with Gasteiger partial charge in [0.15, 0.2) is 6.61 Å². The van der Waals surface area contributed by atoms with Crippen LogP contribution in [0.25, 0.3) is 0 Å². The van der Waals surface area contributed by atoms with Gasteiger partial charge in [-0.25, -0.2) is 4.98 Å². The minimum absolute atomic E-state index is 0.249. The third-order valence-corrected chi connectivity index (χ3v) is 3.70. The summed E-state index contributed by atoms with van der Waals surface area (Å²) in [5.41, 5.74) is 0. The fourth-order valence-corrected chi connectivity index (χ4v) is 2.41. The van der Waals surface area contributed by atoms with Crippen LogP contribution in [0, 0.1) is 0 Å². The highest BCUT2D eigenvalue weighted by molar-refractivity contribution is 5.77. The molecule has 3 aromatic rings. The van der Waals surface area contributed by atoms with Crippen molar-refractivity contribution in [1.29, 1.82) is 0 Å². The highest BCUT2D eigenvalue weighted by Crippen LogP contribution is 2.23. The Hall–Kier alpha value is -3.49. The predicted octanol–water partition coefficient (Wildman–Crippen LogP) is 4.44. The van der Waals surface area contributed by atoms with Crippen LogP contribution in [0.1, 0.15) is 5.76 Å². The van der Waals surface area contributed by atoms with Gasteiger partial charge in [-0.05, 0) is 42.5 Å². The number of alkyl halides is 3. The number of hydrogen-bond donors (Lipinski definition) is 0. The van der Waals surface area contributed by atoms with Crippen LogP contribution < -0.4 is 9.47 Å². The van der Waals surface area contributed by atoms with Crippen molar-refractivity contribution in [2.45, 2.75) is 12.7 Å². The summed E-state index contributed by atoms with van der Waals surface area (Å²) in [4.78, 5) is 16.9. The molecule has 0 unspecified atom stereocenters. The fourth-order valence-electron chi connectivity index (χ4n) is 2.41. The average molecular weight is 406 g/mol. The molecule has 1 aromatic carbocycles. The Morgan fingerprint density at radius 1 is 1.03 bits per heavy atom. The normalized spacial score (nSPS) is 11.1. The molecule has 2 aromatic heterocycles. The van der Waals surface area contributed by atoms with Crippen LogP contribution in [0.4, 0.5) is 13.2 Å². The molecule has 3 rings (SSSR count). The molecular formula is C20H17F3N2O4. The number of ether oxygens (including phenoxy) is 2. The first kappa shape index (κ1) is 20.2. The van der Waals surface area contributed by atoms with Gasteiger partial charge in [-0.1, -0.05) is 6.07 Å². The molecule has 1 amide bonds. The van der Waals surface area contributed by atoms with E-state index in [1.165, 1.54) is 18.4 Å². The molecule has 0 N–H and O–H groups in total. The lowest BCUT2D eigenvalue weighted by atomic mass is 10.3. The lowest BCUT2D eigenvalue weighted by Gasteiger charge is -2.23. The standard InChI is InChI=1S/C20H17F3N2O4/c21-20(22,23)14-25(12-17-4-3-11-27-17)19(26)13-28-15-6-8-16(9-7-15)29-18-5-1-2-10-24-18/h1-11H,12-14H2. The molecule has 0 saturated carbocycles. The van der Waals surface area contributed by atoms with Crippen molar-refractivity contribution in [2.24, 2.45) is 0 Å². The summed E-state index contributed by atoms with van der Waals surface area (Å²) in [5.74, 6) is 0.666. The number of amides is 1. The third-order valence-electron chi connectivity index (χ3n) is 3.70. The second kappa shape index (κ2) is 9.13. The SMILES string of the molecule is O=C(COc1ccc(Oc2ccccn2)cc1)N(Cc1ccco1)CC(F)(F)F. The maximum absolute atomic E-state index is 12.8. The Kier molecular flexibility index (Phi) is 6.38. The zero-order chi connectivity index (χ0) is 20.7. The number of rotatable bonds is 8. The first-order valence-corrected chi connectivity index (χ1v) is 8.58. The van der Waals surface area contributed by atoms with Gasteiger partial charge in [0.05, 0.1) is 12.8 Å². The quantitative estimate of drug-likeness (QED) is 0.554. The summed E-state index contributed by atoms with van der Waals surface area (Å²) in [6, 6.07) is 14.6. The Labute approximate surface area is 164 Å². The molecule has 29 heavy (non-hydrogen) atoms. The van der Waals surface area contributed by atoms with Crippen LogP contribution in [0.15, 0.2) is 71.5 Å². The van der Waals surface area contributed by atoms with Crippen LogP contribution in [-0.2, 0) is 11.3 Å². The maximum Gasteiger partial charge on any atom is 0.406 e. The molecule has 0 fully saturated rings. The smallest absolute Gasteiger partial charge is 0.406 e. The molecule has 0 saturated heterocycles. The van der Waals surface area contributed by atoms with Crippen LogP contribution >= 0.6 is 0 Å². The second-order valence-corrected chi connectivity index (χ2v) is 5.97. The van der Waals surface area contributed by atoms with Gasteiger partial charge in [0.2, 0.25) is 5.88 Å². The molecule has 152 valence electrons. The highest BCUT2D eigenvalue weighted by Gasteiger charge is 2.33. The van der Waals surface area contributed by atoms with Gasteiger partial charge in [-0.15, -0.1) is 0 Å². The molecule has 0 aliphatic carbocycles. The Morgan fingerprint density at radius 2 is 1.79 bits per heavy atom. The lowest BCUT2D eigenvalue weighted by molar-refractivity contribution is -0.164. The number of halogens is 3. The van der Waals surface area contributed by atoms with E-state index < -0.39 is 25.2 Å². The first-order valence-electron chi connectivity index (χ1n) is 8.58. The largest absolute Gasteiger partial charge is 0.484 e. The van der Waals surface area contributed by atoms with Crippen molar-refractivity contribution in [3.8, 4) is 17.4 Å². The number of aromatic nitrogens is 1. The van der Waals surface area contributed by atoms with E-state index in [0.29, 0.717) is 22.3 Å². The summed E-state index contributed by atoms with van der Waals surface area (Å²) < 4.78 is 54.3. The molecule has 2 heterocycles. The number of furan rings is 1. The summed E-state index contributed by atoms with van der Waals surface area (Å²) in [6.07, 6.45) is -1.61. The molecular weight excluding hydrogens is 389 g/mol. The van der Waals surface area contributed by atoms with E-state index in [2.05, 4.69) is 4.98 Å².